The summed E-state index contributed by atoms with van der Waals surface area (Å²) in [5, 5.41) is 6.93. The number of likely N-dealkylation sites (N-methyl/N-ethyl adjacent to an activating group) is 1. The first-order valence-corrected chi connectivity index (χ1v) is 7.31. The molecule has 0 aromatic carbocycles. The first kappa shape index (κ1) is 15.3. The largest absolute Gasteiger partial charge is 0.355 e. The monoisotopic (exact) mass is 254 g/mol. The summed E-state index contributed by atoms with van der Waals surface area (Å²) in [4.78, 5) is 6.59. The van der Waals surface area contributed by atoms with E-state index >= 15 is 0 Å². The molecule has 0 saturated heterocycles. The van der Waals surface area contributed by atoms with Gasteiger partial charge in [0.25, 0.3) is 0 Å². The molecule has 0 heterocycles. The molecule has 0 unspecified atom stereocenters. The molecule has 0 aliphatic heterocycles. The van der Waals surface area contributed by atoms with Gasteiger partial charge in [-0.3, -0.25) is 4.99 Å². The molecule has 0 amide bonds. The quantitative estimate of drug-likeness (QED) is 0.579. The maximum Gasteiger partial charge on any atom is 0.191 e. The van der Waals surface area contributed by atoms with Crippen molar-refractivity contribution in [2.75, 3.05) is 33.7 Å². The Bertz CT molecular complexity index is 244. The van der Waals surface area contributed by atoms with Crippen molar-refractivity contribution < 1.29 is 0 Å². The van der Waals surface area contributed by atoms with Crippen LogP contribution in [0.3, 0.4) is 0 Å². The van der Waals surface area contributed by atoms with E-state index in [-0.39, 0.29) is 0 Å². The highest BCUT2D eigenvalue weighted by atomic mass is 15.2. The van der Waals surface area contributed by atoms with E-state index in [0.29, 0.717) is 6.04 Å². The zero-order chi connectivity index (χ0) is 13.4. The van der Waals surface area contributed by atoms with E-state index < -0.39 is 0 Å². The van der Waals surface area contributed by atoms with Crippen molar-refractivity contribution >= 4 is 5.96 Å². The summed E-state index contributed by atoms with van der Waals surface area (Å²) in [7, 11) is 3.99. The molecule has 4 nitrogen and oxygen atoms in total. The average Bonchev–Trinajstić information content (AvgIpc) is 2.39. The fourth-order valence-corrected chi connectivity index (χ4v) is 2.32. The van der Waals surface area contributed by atoms with Crippen LogP contribution in [0.5, 0.6) is 0 Å². The minimum absolute atomic E-state index is 0.608. The van der Waals surface area contributed by atoms with Crippen LogP contribution in [0, 0.1) is 5.92 Å². The van der Waals surface area contributed by atoms with Crippen LogP contribution in [0.2, 0.25) is 0 Å². The lowest BCUT2D eigenvalue weighted by atomic mass is 9.87. The summed E-state index contributed by atoms with van der Waals surface area (Å²) in [5.74, 6) is 1.86. The molecule has 1 aliphatic carbocycles. The fraction of sp³-hybridized carbons (Fsp3) is 0.929. The Morgan fingerprint density at radius 2 is 1.94 bits per heavy atom. The minimum atomic E-state index is 0.608. The van der Waals surface area contributed by atoms with Gasteiger partial charge in [0.2, 0.25) is 0 Å². The van der Waals surface area contributed by atoms with Crippen molar-refractivity contribution in [3.8, 4) is 0 Å². The maximum absolute atomic E-state index is 4.30. The molecule has 0 aromatic rings. The van der Waals surface area contributed by atoms with Gasteiger partial charge < -0.3 is 15.5 Å². The molecule has 1 rings (SSSR count). The molecular formula is C14H30N4. The van der Waals surface area contributed by atoms with Crippen molar-refractivity contribution in [2.24, 2.45) is 10.9 Å². The number of nitrogens with zero attached hydrogens (tertiary/aromatic N) is 2. The van der Waals surface area contributed by atoms with Crippen molar-refractivity contribution in [1.29, 1.82) is 0 Å². The number of hydrogen-bond donors (Lipinski definition) is 2. The number of aliphatic imine (C=N–C) groups is 1. The van der Waals surface area contributed by atoms with Crippen molar-refractivity contribution in [2.45, 2.75) is 45.6 Å². The summed E-state index contributed by atoms with van der Waals surface area (Å²) >= 11 is 0. The molecule has 4 heteroatoms. The Hall–Kier alpha value is -0.770. The second-order valence-electron chi connectivity index (χ2n) is 5.50. The molecular weight excluding hydrogens is 224 g/mol. The smallest absolute Gasteiger partial charge is 0.191 e. The van der Waals surface area contributed by atoms with Gasteiger partial charge in [0, 0.05) is 26.2 Å². The van der Waals surface area contributed by atoms with Gasteiger partial charge in [0.15, 0.2) is 5.96 Å². The van der Waals surface area contributed by atoms with Gasteiger partial charge in [0.1, 0.15) is 0 Å². The van der Waals surface area contributed by atoms with Gasteiger partial charge in [-0.15, -0.1) is 0 Å². The average molecular weight is 254 g/mol. The van der Waals surface area contributed by atoms with Crippen LogP contribution in [-0.4, -0.2) is 50.6 Å². The summed E-state index contributed by atoms with van der Waals surface area (Å²) in [6.45, 7) is 7.63. The first-order chi connectivity index (χ1) is 8.65. The Balaban J connectivity index is 2.21. The van der Waals surface area contributed by atoms with E-state index in [4.69, 9.17) is 0 Å². The second kappa shape index (κ2) is 8.35. The lowest BCUT2D eigenvalue weighted by Crippen LogP contribution is -2.46. The molecule has 2 N–H and O–H groups in total. The molecule has 1 saturated carbocycles. The third-order valence-electron chi connectivity index (χ3n) is 3.91. The maximum atomic E-state index is 4.30. The molecule has 0 radical (unpaired) electrons. The standard InChI is InChI=1S/C14H30N4/c1-5-18(4)11-10-16-14(15-3)17-13-8-6-12(2)7-9-13/h12-13H,5-11H2,1-4H3,(H2,15,16,17). The SMILES string of the molecule is CCN(C)CCNC(=NC)NC1CCC(C)CC1. The molecule has 106 valence electrons. The van der Waals surface area contributed by atoms with Gasteiger partial charge in [-0.05, 0) is 45.2 Å². The topological polar surface area (TPSA) is 39.7 Å². The third-order valence-corrected chi connectivity index (χ3v) is 3.91. The van der Waals surface area contributed by atoms with Crippen LogP contribution >= 0.6 is 0 Å². The lowest BCUT2D eigenvalue weighted by Gasteiger charge is -2.28. The molecule has 0 atom stereocenters. The molecule has 0 aromatic heterocycles. The first-order valence-electron chi connectivity index (χ1n) is 7.31. The van der Waals surface area contributed by atoms with E-state index in [1.54, 1.807) is 0 Å². The summed E-state index contributed by atoms with van der Waals surface area (Å²) in [5.41, 5.74) is 0. The summed E-state index contributed by atoms with van der Waals surface area (Å²) in [6.07, 6.45) is 5.23. The van der Waals surface area contributed by atoms with E-state index in [1.165, 1.54) is 25.7 Å². The number of nitrogens with one attached hydrogen (secondary N) is 2. The van der Waals surface area contributed by atoms with Gasteiger partial charge >= 0.3 is 0 Å². The number of guanidine groups is 1. The Morgan fingerprint density at radius 1 is 1.28 bits per heavy atom. The van der Waals surface area contributed by atoms with E-state index in [0.717, 1.165) is 31.5 Å². The Morgan fingerprint density at radius 3 is 2.50 bits per heavy atom. The highest BCUT2D eigenvalue weighted by Gasteiger charge is 2.18. The van der Waals surface area contributed by atoms with Crippen molar-refractivity contribution in [3.63, 3.8) is 0 Å². The zero-order valence-corrected chi connectivity index (χ0v) is 12.5. The normalized spacial score (nSPS) is 25.3. The van der Waals surface area contributed by atoms with Gasteiger partial charge in [0.05, 0.1) is 0 Å². The summed E-state index contributed by atoms with van der Waals surface area (Å²) < 4.78 is 0. The molecule has 1 aliphatic rings. The van der Waals surface area contributed by atoms with Crippen LogP contribution in [0.4, 0.5) is 0 Å². The van der Waals surface area contributed by atoms with Gasteiger partial charge in [-0.1, -0.05) is 13.8 Å². The second-order valence-corrected chi connectivity index (χ2v) is 5.50. The number of hydrogen-bond acceptors (Lipinski definition) is 2. The fourth-order valence-electron chi connectivity index (χ4n) is 2.32. The van der Waals surface area contributed by atoms with Crippen LogP contribution in [-0.2, 0) is 0 Å². The summed E-state index contributed by atoms with van der Waals surface area (Å²) in [6, 6.07) is 0.608. The van der Waals surface area contributed by atoms with Crippen LogP contribution in [0.15, 0.2) is 4.99 Å². The van der Waals surface area contributed by atoms with E-state index in [1.807, 2.05) is 7.05 Å². The van der Waals surface area contributed by atoms with Gasteiger partial charge in [-0.2, -0.15) is 0 Å². The molecule has 0 bridgehead atoms. The van der Waals surface area contributed by atoms with Crippen LogP contribution in [0.25, 0.3) is 0 Å². The van der Waals surface area contributed by atoms with Crippen LogP contribution < -0.4 is 10.6 Å². The highest BCUT2D eigenvalue weighted by molar-refractivity contribution is 5.79. The van der Waals surface area contributed by atoms with Crippen LogP contribution in [0.1, 0.15) is 39.5 Å². The number of rotatable bonds is 5. The lowest BCUT2D eigenvalue weighted by molar-refractivity contribution is 0.327. The minimum Gasteiger partial charge on any atom is -0.355 e. The molecule has 0 spiro atoms. The Labute approximate surface area is 112 Å². The predicted molar refractivity (Wildman–Crippen MR) is 79.1 cm³/mol. The van der Waals surface area contributed by atoms with Gasteiger partial charge in [-0.25, -0.2) is 0 Å². The van der Waals surface area contributed by atoms with Crippen molar-refractivity contribution in [3.05, 3.63) is 0 Å². The van der Waals surface area contributed by atoms with E-state index in [9.17, 15) is 0 Å². The highest BCUT2D eigenvalue weighted by Crippen LogP contribution is 2.23. The molecule has 18 heavy (non-hydrogen) atoms. The Kier molecular flexibility index (Phi) is 7.09. The zero-order valence-electron chi connectivity index (χ0n) is 12.5. The van der Waals surface area contributed by atoms with E-state index in [2.05, 4.69) is 41.4 Å². The third kappa shape index (κ3) is 5.71. The molecule has 1 fully saturated rings. The van der Waals surface area contributed by atoms with Crippen molar-refractivity contribution in [1.82, 2.24) is 15.5 Å². The predicted octanol–water partition coefficient (Wildman–Crippen LogP) is 1.68.